The van der Waals surface area contributed by atoms with Crippen molar-refractivity contribution >= 4 is 0 Å². The van der Waals surface area contributed by atoms with E-state index in [1.807, 2.05) is 0 Å². The van der Waals surface area contributed by atoms with E-state index >= 15 is 0 Å². The Balaban J connectivity index is 0.00000121. The molecule has 0 aliphatic heterocycles. The van der Waals surface area contributed by atoms with Gasteiger partial charge in [0.2, 0.25) is 0 Å². The van der Waals surface area contributed by atoms with Crippen molar-refractivity contribution in [2.24, 2.45) is 5.41 Å². The van der Waals surface area contributed by atoms with E-state index in [2.05, 4.69) is 41.5 Å². The summed E-state index contributed by atoms with van der Waals surface area (Å²) in [6.45, 7) is 15.1. The van der Waals surface area contributed by atoms with E-state index in [-0.39, 0.29) is 27.1 Å². The number of hydrogen-bond donors (Lipinski definition) is 0. The van der Waals surface area contributed by atoms with E-state index in [9.17, 15) is 0 Å². The van der Waals surface area contributed by atoms with Gasteiger partial charge in [-0.2, -0.15) is 5.57 Å². The van der Waals surface area contributed by atoms with Crippen molar-refractivity contribution in [3.63, 3.8) is 0 Å². The topological polar surface area (TPSA) is 0 Å². The SMILES string of the molecule is [CH2-]C1=C(C)C(C)=C(C)C1(C)C.[Ti+2]. The van der Waals surface area contributed by atoms with Crippen molar-refractivity contribution < 1.29 is 21.7 Å². The summed E-state index contributed by atoms with van der Waals surface area (Å²) >= 11 is 0. The predicted molar refractivity (Wildman–Crippen MR) is 50.2 cm³/mol. The van der Waals surface area contributed by atoms with Crippen LogP contribution >= 0.6 is 0 Å². The molecule has 0 aromatic rings. The molecule has 0 unspecified atom stereocenters. The van der Waals surface area contributed by atoms with Crippen LogP contribution < -0.4 is 0 Å². The van der Waals surface area contributed by atoms with Crippen LogP contribution in [0.25, 0.3) is 0 Å². The number of hydrogen-bond acceptors (Lipinski definition) is 0. The van der Waals surface area contributed by atoms with E-state index in [1.165, 1.54) is 22.3 Å². The molecular weight excluding hydrogens is 180 g/mol. The molecule has 0 spiro atoms. The summed E-state index contributed by atoms with van der Waals surface area (Å²) in [4.78, 5) is 0. The van der Waals surface area contributed by atoms with Gasteiger partial charge in [-0.15, -0.1) is 12.5 Å². The third kappa shape index (κ3) is 1.43. The van der Waals surface area contributed by atoms with Crippen molar-refractivity contribution in [1.29, 1.82) is 0 Å². The number of rotatable bonds is 0. The van der Waals surface area contributed by atoms with Crippen LogP contribution in [0.1, 0.15) is 34.6 Å². The molecule has 12 heavy (non-hydrogen) atoms. The van der Waals surface area contributed by atoms with E-state index in [4.69, 9.17) is 0 Å². The minimum absolute atomic E-state index is 0. The van der Waals surface area contributed by atoms with Gasteiger partial charge in [-0.1, -0.05) is 26.3 Å². The standard InChI is InChI=1S/C11H17.Ti/c1-7-8(2)10(4)11(5,6)9(7)3;/h3H2,1-2,4-6H3;/q-1;+2. The van der Waals surface area contributed by atoms with Gasteiger partial charge >= 0.3 is 21.7 Å². The normalized spacial score (nSPS) is 21.4. The van der Waals surface area contributed by atoms with Crippen LogP contribution in [0, 0.1) is 12.3 Å². The van der Waals surface area contributed by atoms with Crippen molar-refractivity contribution in [1.82, 2.24) is 0 Å². The Morgan fingerprint density at radius 3 is 1.50 bits per heavy atom. The minimum Gasteiger partial charge on any atom is -0.240 e. The van der Waals surface area contributed by atoms with Crippen LogP contribution in [-0.2, 0) is 21.7 Å². The Bertz CT molecular complexity index is 228. The average molecular weight is 197 g/mol. The van der Waals surface area contributed by atoms with Gasteiger partial charge in [0, 0.05) is 0 Å². The number of allylic oxidation sites excluding steroid dienone is 4. The van der Waals surface area contributed by atoms with Crippen LogP contribution in [0.4, 0.5) is 0 Å². The zero-order valence-electron chi connectivity index (χ0n) is 8.71. The Morgan fingerprint density at radius 2 is 1.42 bits per heavy atom. The fourth-order valence-corrected chi connectivity index (χ4v) is 1.67. The Labute approximate surface area is 91.0 Å². The van der Waals surface area contributed by atoms with Gasteiger partial charge in [0.25, 0.3) is 0 Å². The molecule has 1 aliphatic rings. The smallest absolute Gasteiger partial charge is 0.240 e. The third-order valence-corrected chi connectivity index (χ3v) is 3.27. The first-order chi connectivity index (χ1) is 4.89. The average Bonchev–Trinajstić information content (AvgIpc) is 2.06. The van der Waals surface area contributed by atoms with Crippen LogP contribution in [0.5, 0.6) is 0 Å². The molecule has 0 heterocycles. The van der Waals surface area contributed by atoms with Crippen LogP contribution in [0.15, 0.2) is 22.3 Å². The van der Waals surface area contributed by atoms with Gasteiger partial charge in [0.15, 0.2) is 0 Å². The maximum Gasteiger partial charge on any atom is 2.00 e. The summed E-state index contributed by atoms with van der Waals surface area (Å²) in [6.07, 6.45) is 0. The van der Waals surface area contributed by atoms with Crippen LogP contribution in [-0.4, -0.2) is 0 Å². The summed E-state index contributed by atoms with van der Waals surface area (Å²) in [6, 6.07) is 0. The minimum atomic E-state index is 0. The van der Waals surface area contributed by atoms with Gasteiger partial charge in [0.05, 0.1) is 0 Å². The summed E-state index contributed by atoms with van der Waals surface area (Å²) in [5, 5.41) is 0. The molecule has 0 amide bonds. The van der Waals surface area contributed by atoms with Crippen molar-refractivity contribution in [2.45, 2.75) is 34.6 Å². The molecule has 0 saturated carbocycles. The molecule has 1 aliphatic carbocycles. The maximum atomic E-state index is 4.11. The molecule has 0 aromatic heterocycles. The van der Waals surface area contributed by atoms with Gasteiger partial charge in [-0.25, -0.2) is 12.5 Å². The summed E-state index contributed by atoms with van der Waals surface area (Å²) in [5.41, 5.74) is 5.77. The molecule has 0 N–H and O–H groups in total. The van der Waals surface area contributed by atoms with Crippen LogP contribution in [0.3, 0.4) is 0 Å². The molecule has 1 rings (SSSR count). The molecule has 0 radical (unpaired) electrons. The van der Waals surface area contributed by atoms with Crippen LogP contribution in [0.2, 0.25) is 0 Å². The molecular formula is C11H17Ti+. The van der Waals surface area contributed by atoms with Crippen molar-refractivity contribution in [2.75, 3.05) is 0 Å². The second-order valence-electron chi connectivity index (χ2n) is 3.98. The third-order valence-electron chi connectivity index (χ3n) is 3.27. The molecule has 0 nitrogen and oxygen atoms in total. The summed E-state index contributed by atoms with van der Waals surface area (Å²) in [7, 11) is 0. The van der Waals surface area contributed by atoms with E-state index in [0.29, 0.717) is 0 Å². The largest absolute Gasteiger partial charge is 2.00 e. The van der Waals surface area contributed by atoms with Crippen molar-refractivity contribution in [3.05, 3.63) is 29.2 Å². The molecule has 0 bridgehead atoms. The second kappa shape index (κ2) is 3.43. The molecule has 0 aromatic carbocycles. The van der Waals surface area contributed by atoms with E-state index < -0.39 is 0 Å². The molecule has 1 heteroatoms. The zero-order valence-corrected chi connectivity index (χ0v) is 10.3. The van der Waals surface area contributed by atoms with E-state index in [0.717, 1.165) is 0 Å². The van der Waals surface area contributed by atoms with E-state index in [1.54, 1.807) is 0 Å². The maximum absolute atomic E-state index is 4.11. The summed E-state index contributed by atoms with van der Waals surface area (Å²) in [5.74, 6) is 0. The Kier molecular flexibility index (Phi) is 3.45. The second-order valence-corrected chi connectivity index (χ2v) is 3.98. The fourth-order valence-electron chi connectivity index (χ4n) is 1.67. The first kappa shape index (κ1) is 12.1. The van der Waals surface area contributed by atoms with Gasteiger partial charge < -0.3 is 0 Å². The van der Waals surface area contributed by atoms with Gasteiger partial charge in [-0.3, -0.25) is 0 Å². The molecule has 64 valence electrons. The monoisotopic (exact) mass is 197 g/mol. The predicted octanol–water partition coefficient (Wildman–Crippen LogP) is 3.51. The molecule has 0 atom stereocenters. The van der Waals surface area contributed by atoms with Gasteiger partial charge in [-0.05, 0) is 12.3 Å². The zero-order chi connectivity index (χ0) is 8.81. The first-order valence-electron chi connectivity index (χ1n) is 4.10. The van der Waals surface area contributed by atoms with Gasteiger partial charge in [0.1, 0.15) is 0 Å². The molecule has 0 fully saturated rings. The molecule has 0 saturated heterocycles. The quantitative estimate of drug-likeness (QED) is 0.411. The summed E-state index contributed by atoms with van der Waals surface area (Å²) < 4.78 is 0. The Hall–Kier alpha value is 0.0643. The Morgan fingerprint density at radius 1 is 1.00 bits per heavy atom. The fraction of sp³-hybridized carbons (Fsp3) is 0.545. The van der Waals surface area contributed by atoms with Crippen molar-refractivity contribution in [3.8, 4) is 0 Å². The first-order valence-corrected chi connectivity index (χ1v) is 4.10.